The van der Waals surface area contributed by atoms with E-state index in [0.29, 0.717) is 19.3 Å². The lowest BCUT2D eigenvalue weighted by Crippen LogP contribution is -2.30. The van der Waals surface area contributed by atoms with Crippen LogP contribution in [0.15, 0.2) is 0 Å². The van der Waals surface area contributed by atoms with Crippen LogP contribution in [0.1, 0.15) is 278 Å². The Bertz CT molecular complexity index is 843. The van der Waals surface area contributed by atoms with E-state index in [9.17, 15) is 14.4 Å². The fraction of sp³-hybridized carbons (Fsp3) is 0.940. The molecule has 332 valence electrons. The zero-order chi connectivity index (χ0) is 41.0. The second-order valence-electron chi connectivity index (χ2n) is 17.3. The van der Waals surface area contributed by atoms with Crippen molar-refractivity contribution in [3.05, 3.63) is 0 Å². The molecule has 0 heterocycles. The first-order chi connectivity index (χ1) is 27.4. The van der Waals surface area contributed by atoms with E-state index < -0.39 is 6.10 Å². The number of carbonyl (C=O) groups is 3. The Morgan fingerprint density at radius 3 is 0.929 bits per heavy atom. The minimum atomic E-state index is -0.761. The van der Waals surface area contributed by atoms with Crippen LogP contribution in [0.2, 0.25) is 0 Å². The average Bonchev–Trinajstić information content (AvgIpc) is 3.19. The first kappa shape index (κ1) is 54.4. The van der Waals surface area contributed by atoms with Crippen LogP contribution in [-0.2, 0) is 28.6 Å². The maximum absolute atomic E-state index is 12.7. The fourth-order valence-electron chi connectivity index (χ4n) is 7.48. The summed E-state index contributed by atoms with van der Waals surface area (Å²) in [5.74, 6) is -0.0406. The number of ether oxygens (including phenoxy) is 3. The predicted octanol–water partition coefficient (Wildman–Crippen LogP) is 15.9. The van der Waals surface area contributed by atoms with Crippen molar-refractivity contribution in [2.24, 2.45) is 5.92 Å². The number of esters is 3. The monoisotopic (exact) mass is 793 g/mol. The van der Waals surface area contributed by atoms with Crippen molar-refractivity contribution in [1.82, 2.24) is 0 Å². The molecule has 0 aromatic heterocycles. The zero-order valence-electron chi connectivity index (χ0n) is 38.1. The lowest BCUT2D eigenvalue weighted by Gasteiger charge is -2.18. The second kappa shape index (κ2) is 44.5. The minimum Gasteiger partial charge on any atom is -0.462 e. The molecule has 2 atom stereocenters. The lowest BCUT2D eigenvalue weighted by molar-refractivity contribution is -0.167. The third kappa shape index (κ3) is 42.0. The van der Waals surface area contributed by atoms with Gasteiger partial charge in [0.1, 0.15) is 13.2 Å². The highest BCUT2D eigenvalue weighted by atomic mass is 16.6. The molecule has 0 bridgehead atoms. The number of rotatable bonds is 45. The number of hydrogen-bond donors (Lipinski definition) is 0. The van der Waals surface area contributed by atoms with Crippen molar-refractivity contribution in [1.29, 1.82) is 0 Å². The van der Waals surface area contributed by atoms with Crippen LogP contribution in [-0.4, -0.2) is 37.2 Å². The highest BCUT2D eigenvalue weighted by Gasteiger charge is 2.19. The Kier molecular flexibility index (Phi) is 43.2. The molecule has 0 spiro atoms. The standard InChI is InChI=1S/C50H96O6/c1-5-8-10-12-14-16-18-20-21-23-25-27-29-34-38-42-49(52)55-45-47(56-50(53)43-39-35-31-30-32-36-40-46(4)7-3)44-54-48(51)41-37-33-28-26-24-22-19-17-15-13-11-9-6-2/h46-47H,5-45H2,1-4H3/t46?,47-/m0/s1. The number of hydrogen-bond acceptors (Lipinski definition) is 6. The Balaban J connectivity index is 4.29. The summed E-state index contributed by atoms with van der Waals surface area (Å²) in [7, 11) is 0. The summed E-state index contributed by atoms with van der Waals surface area (Å²) >= 11 is 0. The Hall–Kier alpha value is -1.59. The van der Waals surface area contributed by atoms with Crippen LogP contribution in [0.3, 0.4) is 0 Å². The van der Waals surface area contributed by atoms with Crippen LogP contribution in [0, 0.1) is 5.92 Å². The van der Waals surface area contributed by atoms with E-state index in [1.54, 1.807) is 0 Å². The van der Waals surface area contributed by atoms with Crippen LogP contribution in [0.25, 0.3) is 0 Å². The molecule has 0 radical (unpaired) electrons. The Morgan fingerprint density at radius 2 is 0.625 bits per heavy atom. The van der Waals surface area contributed by atoms with Gasteiger partial charge in [0, 0.05) is 19.3 Å². The summed E-state index contributed by atoms with van der Waals surface area (Å²) in [5, 5.41) is 0. The highest BCUT2D eigenvalue weighted by Crippen LogP contribution is 2.17. The van der Waals surface area contributed by atoms with Gasteiger partial charge in [0.15, 0.2) is 6.10 Å². The number of unbranched alkanes of at least 4 members (excludes halogenated alkanes) is 31. The highest BCUT2D eigenvalue weighted by molar-refractivity contribution is 5.71. The van der Waals surface area contributed by atoms with Gasteiger partial charge in [0.25, 0.3) is 0 Å². The molecule has 0 aromatic rings. The Morgan fingerprint density at radius 1 is 0.357 bits per heavy atom. The van der Waals surface area contributed by atoms with Crippen molar-refractivity contribution in [3.63, 3.8) is 0 Å². The van der Waals surface area contributed by atoms with E-state index >= 15 is 0 Å². The summed E-state index contributed by atoms with van der Waals surface area (Å²) in [4.78, 5) is 37.8. The van der Waals surface area contributed by atoms with Gasteiger partial charge in [-0.1, -0.05) is 240 Å². The molecule has 0 amide bonds. The van der Waals surface area contributed by atoms with Crippen molar-refractivity contribution in [2.75, 3.05) is 13.2 Å². The molecule has 0 aromatic carbocycles. The fourth-order valence-corrected chi connectivity index (χ4v) is 7.48. The number of carbonyl (C=O) groups excluding carboxylic acids is 3. The second-order valence-corrected chi connectivity index (χ2v) is 17.3. The topological polar surface area (TPSA) is 78.9 Å². The van der Waals surface area contributed by atoms with Crippen molar-refractivity contribution >= 4 is 17.9 Å². The summed E-state index contributed by atoms with van der Waals surface area (Å²) < 4.78 is 16.8. The summed E-state index contributed by atoms with van der Waals surface area (Å²) in [5.41, 5.74) is 0. The molecule has 0 rings (SSSR count). The van der Waals surface area contributed by atoms with Crippen LogP contribution in [0.4, 0.5) is 0 Å². The van der Waals surface area contributed by atoms with Gasteiger partial charge in [-0.2, -0.15) is 0 Å². The van der Waals surface area contributed by atoms with Crippen LogP contribution >= 0.6 is 0 Å². The van der Waals surface area contributed by atoms with Gasteiger partial charge in [0.05, 0.1) is 0 Å². The predicted molar refractivity (Wildman–Crippen MR) is 238 cm³/mol. The van der Waals surface area contributed by atoms with Gasteiger partial charge in [-0.05, 0) is 25.2 Å². The third-order valence-electron chi connectivity index (χ3n) is 11.7. The van der Waals surface area contributed by atoms with Gasteiger partial charge in [-0.15, -0.1) is 0 Å². The summed E-state index contributed by atoms with van der Waals surface area (Å²) in [6.45, 7) is 8.99. The molecule has 56 heavy (non-hydrogen) atoms. The van der Waals surface area contributed by atoms with Gasteiger partial charge < -0.3 is 14.2 Å². The molecule has 1 unspecified atom stereocenters. The SMILES string of the molecule is CCCCCCCCCCCCCCCCCC(=O)OC[C@H](COC(=O)CCCCCCCCCCCCCCC)OC(=O)CCCCCCCCC(C)CC. The van der Waals surface area contributed by atoms with Gasteiger partial charge in [-0.25, -0.2) is 0 Å². The molecule has 6 heteroatoms. The quantitative estimate of drug-likeness (QED) is 0.0347. The maximum Gasteiger partial charge on any atom is 0.306 e. The normalized spacial score (nSPS) is 12.4. The molecule has 0 aliphatic heterocycles. The van der Waals surface area contributed by atoms with Gasteiger partial charge in [-0.3, -0.25) is 14.4 Å². The molecule has 0 N–H and O–H groups in total. The molecule has 0 aliphatic rings. The summed E-state index contributed by atoms with van der Waals surface area (Å²) in [6.07, 6.45) is 45.1. The van der Waals surface area contributed by atoms with E-state index in [-0.39, 0.29) is 31.1 Å². The smallest absolute Gasteiger partial charge is 0.306 e. The first-order valence-electron chi connectivity index (χ1n) is 24.9. The Labute approximate surface area is 348 Å². The largest absolute Gasteiger partial charge is 0.462 e. The molecule has 6 nitrogen and oxygen atoms in total. The van der Waals surface area contributed by atoms with E-state index in [4.69, 9.17) is 14.2 Å². The van der Waals surface area contributed by atoms with Crippen molar-refractivity contribution < 1.29 is 28.6 Å². The molecular formula is C50H96O6. The van der Waals surface area contributed by atoms with E-state index in [0.717, 1.165) is 63.7 Å². The molecule has 0 saturated heterocycles. The zero-order valence-corrected chi connectivity index (χ0v) is 38.1. The lowest BCUT2D eigenvalue weighted by atomic mass is 10.00. The molecular weight excluding hydrogens is 697 g/mol. The maximum atomic E-state index is 12.7. The third-order valence-corrected chi connectivity index (χ3v) is 11.7. The molecule has 0 aliphatic carbocycles. The minimum absolute atomic E-state index is 0.0640. The van der Waals surface area contributed by atoms with Crippen LogP contribution in [0.5, 0.6) is 0 Å². The van der Waals surface area contributed by atoms with E-state index in [1.165, 1.54) is 173 Å². The average molecular weight is 793 g/mol. The first-order valence-corrected chi connectivity index (χ1v) is 24.9. The van der Waals surface area contributed by atoms with E-state index in [2.05, 4.69) is 27.7 Å². The van der Waals surface area contributed by atoms with Gasteiger partial charge in [0.2, 0.25) is 0 Å². The molecule has 0 fully saturated rings. The van der Waals surface area contributed by atoms with Crippen molar-refractivity contribution in [3.8, 4) is 0 Å². The molecule has 0 saturated carbocycles. The summed E-state index contributed by atoms with van der Waals surface area (Å²) in [6, 6.07) is 0. The van der Waals surface area contributed by atoms with Crippen molar-refractivity contribution in [2.45, 2.75) is 284 Å². The van der Waals surface area contributed by atoms with Crippen LogP contribution < -0.4 is 0 Å². The van der Waals surface area contributed by atoms with E-state index in [1.807, 2.05) is 0 Å². The van der Waals surface area contributed by atoms with Gasteiger partial charge >= 0.3 is 17.9 Å².